The Labute approximate surface area is 192 Å². The van der Waals surface area contributed by atoms with Crippen LogP contribution in [0.2, 0.25) is 0 Å². The quantitative estimate of drug-likeness (QED) is 0.622. The van der Waals surface area contributed by atoms with Gasteiger partial charge in [-0.15, -0.1) is 0 Å². The van der Waals surface area contributed by atoms with Gasteiger partial charge in [-0.1, -0.05) is 65.8 Å². The predicted octanol–water partition coefficient (Wildman–Crippen LogP) is 5.54. The van der Waals surface area contributed by atoms with E-state index in [1.54, 1.807) is 11.9 Å². The molecule has 2 aromatic rings. The van der Waals surface area contributed by atoms with Crippen molar-refractivity contribution in [3.63, 3.8) is 0 Å². The second kappa shape index (κ2) is 9.76. The molecular weight excluding hydrogens is 400 g/mol. The summed E-state index contributed by atoms with van der Waals surface area (Å²) in [7, 11) is 1.75. The number of phenolic OH excluding ortho intramolecular Hbond substituents is 1. The summed E-state index contributed by atoms with van der Waals surface area (Å²) in [6, 6.07) is 11.6. The van der Waals surface area contributed by atoms with Crippen LogP contribution in [0.3, 0.4) is 0 Å². The average molecular weight is 439 g/mol. The number of benzene rings is 2. The summed E-state index contributed by atoms with van der Waals surface area (Å²) in [4.78, 5) is 25.7. The van der Waals surface area contributed by atoms with Gasteiger partial charge in [0.2, 0.25) is 11.8 Å². The molecule has 0 aliphatic heterocycles. The third-order valence-corrected chi connectivity index (χ3v) is 5.59. The Bertz CT molecular complexity index is 946. The van der Waals surface area contributed by atoms with Crippen LogP contribution in [0.5, 0.6) is 5.75 Å². The highest BCUT2D eigenvalue weighted by atomic mass is 16.3. The highest BCUT2D eigenvalue weighted by Gasteiger charge is 2.26. The van der Waals surface area contributed by atoms with E-state index >= 15 is 0 Å². The molecule has 0 fully saturated rings. The molecule has 2 rings (SSSR count). The topological polar surface area (TPSA) is 69.6 Å². The van der Waals surface area contributed by atoms with Gasteiger partial charge in [-0.25, -0.2) is 0 Å². The molecule has 0 bridgehead atoms. The Kier molecular flexibility index (Phi) is 7.76. The van der Waals surface area contributed by atoms with Gasteiger partial charge in [-0.2, -0.15) is 0 Å². The molecule has 0 atom stereocenters. The lowest BCUT2D eigenvalue weighted by Crippen LogP contribution is -2.23. The first-order valence-corrected chi connectivity index (χ1v) is 11.2. The summed E-state index contributed by atoms with van der Waals surface area (Å²) in [5.41, 5.74) is 4.14. The molecule has 32 heavy (non-hydrogen) atoms. The van der Waals surface area contributed by atoms with Gasteiger partial charge in [0, 0.05) is 32.6 Å². The Hall–Kier alpha value is -2.82. The van der Waals surface area contributed by atoms with Crippen molar-refractivity contribution in [1.29, 1.82) is 0 Å². The number of rotatable bonds is 6. The molecule has 0 spiro atoms. The predicted molar refractivity (Wildman–Crippen MR) is 131 cm³/mol. The lowest BCUT2D eigenvalue weighted by Gasteiger charge is -2.28. The molecule has 0 saturated carbocycles. The van der Waals surface area contributed by atoms with Crippen molar-refractivity contribution in [2.45, 2.75) is 78.7 Å². The van der Waals surface area contributed by atoms with Crippen molar-refractivity contribution in [2.75, 3.05) is 12.4 Å². The van der Waals surface area contributed by atoms with Crippen molar-refractivity contribution < 1.29 is 14.7 Å². The van der Waals surface area contributed by atoms with E-state index in [9.17, 15) is 14.7 Å². The first kappa shape index (κ1) is 25.4. The van der Waals surface area contributed by atoms with Gasteiger partial charge in [0.1, 0.15) is 5.75 Å². The van der Waals surface area contributed by atoms with Crippen molar-refractivity contribution in [3.05, 3.63) is 58.7 Å². The SMILES string of the molecule is CC(=O)N(C)Cc1cccc(NC(=O)CCc2cc(C(C)(C)C)c(O)c(C(C)(C)C)c2)c1. The molecule has 2 amide bonds. The first-order valence-electron chi connectivity index (χ1n) is 11.2. The highest BCUT2D eigenvalue weighted by molar-refractivity contribution is 5.90. The molecule has 0 unspecified atom stereocenters. The highest BCUT2D eigenvalue weighted by Crippen LogP contribution is 2.40. The molecule has 5 nitrogen and oxygen atoms in total. The van der Waals surface area contributed by atoms with E-state index in [0.29, 0.717) is 25.1 Å². The molecule has 0 aliphatic carbocycles. The van der Waals surface area contributed by atoms with Gasteiger partial charge in [-0.05, 0) is 51.6 Å². The molecule has 5 heteroatoms. The zero-order valence-electron chi connectivity index (χ0n) is 20.8. The van der Waals surface area contributed by atoms with E-state index in [0.717, 1.165) is 27.9 Å². The zero-order valence-corrected chi connectivity index (χ0v) is 20.8. The van der Waals surface area contributed by atoms with E-state index in [4.69, 9.17) is 0 Å². The number of anilines is 1. The van der Waals surface area contributed by atoms with Gasteiger partial charge in [0.25, 0.3) is 0 Å². The van der Waals surface area contributed by atoms with Gasteiger partial charge in [0.05, 0.1) is 0 Å². The summed E-state index contributed by atoms with van der Waals surface area (Å²) in [5, 5.41) is 13.8. The minimum atomic E-state index is -0.199. The average Bonchev–Trinajstić information content (AvgIpc) is 2.65. The Balaban J connectivity index is 2.14. The molecule has 2 aromatic carbocycles. The lowest BCUT2D eigenvalue weighted by molar-refractivity contribution is -0.128. The minimum Gasteiger partial charge on any atom is -0.507 e. The van der Waals surface area contributed by atoms with Crippen molar-refractivity contribution in [3.8, 4) is 5.75 Å². The number of carbonyl (C=O) groups excluding carboxylic acids is 2. The summed E-state index contributed by atoms with van der Waals surface area (Å²) in [6.45, 7) is 14.5. The molecular formula is C27H38N2O3. The lowest BCUT2D eigenvalue weighted by atomic mass is 9.78. The molecule has 2 N–H and O–H groups in total. The third-order valence-electron chi connectivity index (χ3n) is 5.59. The first-order chi connectivity index (χ1) is 14.7. The second-order valence-corrected chi connectivity index (χ2v) is 10.7. The van der Waals surface area contributed by atoms with E-state index in [1.165, 1.54) is 6.92 Å². The fourth-order valence-electron chi connectivity index (χ4n) is 3.60. The number of carbonyl (C=O) groups is 2. The van der Waals surface area contributed by atoms with Crippen LogP contribution >= 0.6 is 0 Å². The fourth-order valence-corrected chi connectivity index (χ4v) is 3.60. The summed E-state index contributed by atoms with van der Waals surface area (Å²) in [5.74, 6) is 0.285. The maximum absolute atomic E-state index is 12.6. The van der Waals surface area contributed by atoms with Crippen molar-refractivity contribution >= 4 is 17.5 Å². The van der Waals surface area contributed by atoms with Crippen LogP contribution in [-0.4, -0.2) is 28.9 Å². The summed E-state index contributed by atoms with van der Waals surface area (Å²) < 4.78 is 0. The number of aromatic hydroxyl groups is 1. The van der Waals surface area contributed by atoms with Crippen LogP contribution in [0.25, 0.3) is 0 Å². The molecule has 174 valence electrons. The number of nitrogens with zero attached hydrogens (tertiary/aromatic N) is 1. The van der Waals surface area contributed by atoms with Gasteiger partial charge in [0.15, 0.2) is 0 Å². The maximum Gasteiger partial charge on any atom is 0.224 e. The standard InChI is InChI=1S/C27H38N2O3/c1-18(30)29(8)17-20-10-9-11-21(14-20)28-24(31)13-12-19-15-22(26(2,3)4)25(32)23(16-19)27(5,6)7/h9-11,14-16,32H,12-13,17H2,1-8H3,(H,28,31). The van der Waals surface area contributed by atoms with Gasteiger partial charge >= 0.3 is 0 Å². The Morgan fingerprint density at radius 1 is 0.938 bits per heavy atom. The maximum atomic E-state index is 12.6. The molecule has 0 heterocycles. The number of hydrogen-bond donors (Lipinski definition) is 2. The van der Waals surface area contributed by atoms with Crippen LogP contribution in [0.15, 0.2) is 36.4 Å². The molecule has 0 saturated heterocycles. The van der Waals surface area contributed by atoms with Crippen LogP contribution in [0, 0.1) is 0 Å². The van der Waals surface area contributed by atoms with E-state index < -0.39 is 0 Å². The van der Waals surface area contributed by atoms with Crippen molar-refractivity contribution in [2.24, 2.45) is 0 Å². The van der Waals surface area contributed by atoms with E-state index in [2.05, 4.69) is 46.9 Å². The fraction of sp³-hybridized carbons (Fsp3) is 0.481. The number of hydrogen-bond acceptors (Lipinski definition) is 3. The smallest absolute Gasteiger partial charge is 0.224 e. The minimum absolute atomic E-state index is 0.00223. The summed E-state index contributed by atoms with van der Waals surface area (Å²) in [6.07, 6.45) is 0.931. The summed E-state index contributed by atoms with van der Waals surface area (Å²) >= 11 is 0. The molecule has 0 aliphatic rings. The van der Waals surface area contributed by atoms with E-state index in [1.807, 2.05) is 36.4 Å². The Morgan fingerprint density at radius 3 is 2.00 bits per heavy atom. The number of aryl methyl sites for hydroxylation is 1. The second-order valence-electron chi connectivity index (χ2n) is 10.7. The van der Waals surface area contributed by atoms with Crippen LogP contribution in [-0.2, 0) is 33.4 Å². The largest absolute Gasteiger partial charge is 0.507 e. The molecule has 0 aromatic heterocycles. The van der Waals surface area contributed by atoms with Crippen molar-refractivity contribution in [1.82, 2.24) is 4.90 Å². The Morgan fingerprint density at radius 2 is 1.50 bits per heavy atom. The van der Waals surface area contributed by atoms with E-state index in [-0.39, 0.29) is 22.6 Å². The normalized spacial score (nSPS) is 11.9. The number of nitrogens with one attached hydrogen (secondary N) is 1. The monoisotopic (exact) mass is 438 g/mol. The van der Waals surface area contributed by atoms with Crippen LogP contribution in [0.4, 0.5) is 5.69 Å². The van der Waals surface area contributed by atoms with Crippen LogP contribution < -0.4 is 5.32 Å². The zero-order chi connectivity index (χ0) is 24.3. The molecule has 0 radical (unpaired) electrons. The van der Waals surface area contributed by atoms with Crippen LogP contribution in [0.1, 0.15) is 77.1 Å². The number of phenols is 1. The third kappa shape index (κ3) is 6.84. The van der Waals surface area contributed by atoms with Gasteiger partial charge < -0.3 is 15.3 Å². The van der Waals surface area contributed by atoms with Gasteiger partial charge in [-0.3, -0.25) is 9.59 Å². The number of amides is 2.